The number of nitrogens with two attached hydrogens (primary N) is 1. The van der Waals surface area contributed by atoms with Crippen molar-refractivity contribution in [3.8, 4) is 5.75 Å². The number of rotatable bonds is 23. The molecule has 0 aliphatic heterocycles. The number of hydrogen-bond donors (Lipinski definition) is 3. The molecule has 0 fully saturated rings. The summed E-state index contributed by atoms with van der Waals surface area (Å²) in [5, 5.41) is 20.0. The lowest BCUT2D eigenvalue weighted by atomic mass is 9.80. The number of hydrogen-bond acceptors (Lipinski definition) is 5. The lowest BCUT2D eigenvalue weighted by Crippen LogP contribution is -2.49. The maximum atomic E-state index is 13.8. The molecule has 0 bridgehead atoms. The number of carbonyl (C=O) groups is 1. The molecular weight excluding hydrogens is 628 g/mol. The van der Waals surface area contributed by atoms with E-state index in [9.17, 15) is 15.0 Å². The fraction of sp³-hybridized carbons (Fsp3) is 0.419. The van der Waals surface area contributed by atoms with Crippen molar-refractivity contribution in [3.63, 3.8) is 0 Å². The second kappa shape index (κ2) is 22.3. The predicted octanol–water partition coefficient (Wildman–Crippen LogP) is 9.31. The van der Waals surface area contributed by atoms with Gasteiger partial charge < -0.3 is 15.9 Å². The number of aliphatic hydroxyl groups is 1. The number of Topliss-reactive ketones (excluding diaryl/α,β-unsaturated/α-hetero) is 1. The minimum absolute atomic E-state index is 0. The highest BCUT2D eigenvalue weighted by Crippen LogP contribution is 2.26. The van der Waals surface area contributed by atoms with Gasteiger partial charge in [0.2, 0.25) is 0 Å². The van der Waals surface area contributed by atoms with E-state index >= 15 is 0 Å². The standard InChI is InChI=1S/C43H56N2O3.ClH/c44-43(30-33-46,42(48)40-26-16-14-25-39(40)34-36-20-10-8-11-21-36)29-18-6-4-2-1-3-5-7-19-31-45(35-37-22-12-9-13-23-37)32-28-38-24-15-17-27-41(38)47;/h8-17,20-27,46-47H,1-7,18-19,28-35,44H2;1H. The van der Waals surface area contributed by atoms with E-state index in [1.165, 1.54) is 44.1 Å². The van der Waals surface area contributed by atoms with Crippen molar-refractivity contribution in [1.82, 2.24) is 4.90 Å². The normalized spacial score (nSPS) is 12.4. The van der Waals surface area contributed by atoms with Crippen LogP contribution in [-0.4, -0.2) is 46.1 Å². The first-order valence-electron chi connectivity index (χ1n) is 18.1. The zero-order chi connectivity index (χ0) is 33.9. The fourth-order valence-electron chi connectivity index (χ4n) is 6.66. The van der Waals surface area contributed by atoms with E-state index in [-0.39, 0.29) is 31.2 Å². The summed E-state index contributed by atoms with van der Waals surface area (Å²) in [6.45, 7) is 2.83. The molecule has 0 aliphatic carbocycles. The second-order valence-corrected chi connectivity index (χ2v) is 13.4. The number of halogens is 1. The first-order chi connectivity index (χ1) is 23.5. The van der Waals surface area contributed by atoms with Gasteiger partial charge in [-0.15, -0.1) is 12.4 Å². The van der Waals surface area contributed by atoms with Gasteiger partial charge >= 0.3 is 0 Å². The Labute approximate surface area is 301 Å². The van der Waals surface area contributed by atoms with Crippen LogP contribution in [0.1, 0.15) is 103 Å². The molecule has 0 radical (unpaired) electrons. The molecule has 4 rings (SSSR count). The van der Waals surface area contributed by atoms with Crippen molar-refractivity contribution in [2.24, 2.45) is 5.73 Å². The van der Waals surface area contributed by atoms with Gasteiger partial charge in [-0.05, 0) is 67.0 Å². The summed E-state index contributed by atoms with van der Waals surface area (Å²) in [6.07, 6.45) is 12.8. The average Bonchev–Trinajstić information content (AvgIpc) is 3.11. The zero-order valence-electron chi connectivity index (χ0n) is 29.1. The fourth-order valence-corrected chi connectivity index (χ4v) is 6.66. The van der Waals surface area contributed by atoms with E-state index in [1.807, 2.05) is 60.7 Å². The molecule has 0 amide bonds. The lowest BCUT2D eigenvalue weighted by Gasteiger charge is -2.28. The Bertz CT molecular complexity index is 1480. The lowest BCUT2D eigenvalue weighted by molar-refractivity contribution is 0.0841. The van der Waals surface area contributed by atoms with Gasteiger partial charge in [0.25, 0.3) is 0 Å². The van der Waals surface area contributed by atoms with Gasteiger partial charge in [0.15, 0.2) is 5.78 Å². The maximum Gasteiger partial charge on any atom is 0.183 e. The van der Waals surface area contributed by atoms with Gasteiger partial charge in [-0.2, -0.15) is 0 Å². The third-order valence-electron chi connectivity index (χ3n) is 9.54. The third kappa shape index (κ3) is 13.7. The summed E-state index contributed by atoms with van der Waals surface area (Å²) in [6, 6.07) is 36.3. The predicted molar refractivity (Wildman–Crippen MR) is 206 cm³/mol. The minimum atomic E-state index is -1.04. The Morgan fingerprint density at radius 2 is 1.14 bits per heavy atom. The molecule has 6 heteroatoms. The van der Waals surface area contributed by atoms with Crippen LogP contribution in [0.25, 0.3) is 0 Å². The van der Waals surface area contributed by atoms with Crippen LogP contribution in [0, 0.1) is 0 Å². The molecular formula is C43H57ClN2O3. The Kier molecular flexibility index (Phi) is 18.2. The van der Waals surface area contributed by atoms with Gasteiger partial charge in [-0.3, -0.25) is 9.69 Å². The van der Waals surface area contributed by atoms with Crippen molar-refractivity contribution in [3.05, 3.63) is 137 Å². The molecule has 0 spiro atoms. The summed E-state index contributed by atoms with van der Waals surface area (Å²) >= 11 is 0. The molecule has 5 nitrogen and oxygen atoms in total. The number of phenols is 1. The van der Waals surface area contributed by atoms with Gasteiger partial charge in [0, 0.05) is 25.3 Å². The number of aliphatic hydroxyl groups excluding tert-OH is 1. The molecule has 4 aromatic rings. The molecule has 4 aromatic carbocycles. The van der Waals surface area contributed by atoms with Gasteiger partial charge in [0.1, 0.15) is 5.75 Å². The van der Waals surface area contributed by atoms with E-state index in [4.69, 9.17) is 5.73 Å². The Morgan fingerprint density at radius 1 is 0.612 bits per heavy atom. The van der Waals surface area contributed by atoms with Crippen LogP contribution in [0.15, 0.2) is 109 Å². The summed E-state index contributed by atoms with van der Waals surface area (Å²) in [4.78, 5) is 16.3. The molecule has 0 heterocycles. The molecule has 264 valence electrons. The molecule has 1 atom stereocenters. The highest BCUT2D eigenvalue weighted by Gasteiger charge is 2.34. The van der Waals surface area contributed by atoms with Crippen LogP contribution in [-0.2, 0) is 19.4 Å². The largest absolute Gasteiger partial charge is 0.508 e. The molecule has 1 unspecified atom stereocenters. The number of unbranched alkanes of at least 4 members (excludes halogenated alkanes) is 8. The maximum absolute atomic E-state index is 13.8. The Balaban J connectivity index is 0.00000650. The first-order valence-corrected chi connectivity index (χ1v) is 18.1. The molecule has 0 saturated heterocycles. The quantitative estimate of drug-likeness (QED) is 0.0536. The number of carbonyl (C=O) groups excluding carboxylic acids is 1. The third-order valence-corrected chi connectivity index (χ3v) is 9.54. The van der Waals surface area contributed by atoms with Crippen LogP contribution in [0.5, 0.6) is 5.75 Å². The smallest absolute Gasteiger partial charge is 0.183 e. The van der Waals surface area contributed by atoms with E-state index in [1.54, 1.807) is 6.07 Å². The van der Waals surface area contributed by atoms with Crippen molar-refractivity contribution in [2.75, 3.05) is 19.7 Å². The molecule has 0 saturated carbocycles. The zero-order valence-corrected chi connectivity index (χ0v) is 30.0. The van der Waals surface area contributed by atoms with Crippen LogP contribution < -0.4 is 5.73 Å². The molecule has 0 aromatic heterocycles. The summed E-state index contributed by atoms with van der Waals surface area (Å²) in [5.41, 5.74) is 10.9. The van der Waals surface area contributed by atoms with Crippen LogP contribution >= 0.6 is 12.4 Å². The monoisotopic (exact) mass is 684 g/mol. The molecule has 4 N–H and O–H groups in total. The van der Waals surface area contributed by atoms with Crippen molar-refractivity contribution in [1.29, 1.82) is 0 Å². The van der Waals surface area contributed by atoms with E-state index in [0.29, 0.717) is 24.2 Å². The van der Waals surface area contributed by atoms with E-state index < -0.39 is 5.54 Å². The van der Waals surface area contributed by atoms with Crippen LogP contribution in [0.2, 0.25) is 0 Å². The topological polar surface area (TPSA) is 86.8 Å². The second-order valence-electron chi connectivity index (χ2n) is 13.4. The number of benzene rings is 4. The minimum Gasteiger partial charge on any atom is -0.508 e. The summed E-state index contributed by atoms with van der Waals surface area (Å²) in [5.74, 6) is 0.335. The number of aromatic hydroxyl groups is 1. The number of para-hydroxylation sites is 1. The molecule has 49 heavy (non-hydrogen) atoms. The van der Waals surface area contributed by atoms with E-state index in [2.05, 4.69) is 47.4 Å². The van der Waals surface area contributed by atoms with Crippen LogP contribution in [0.4, 0.5) is 0 Å². The SMILES string of the molecule is Cl.NC(CCO)(CCCCCCCCCCCN(CCc1ccccc1O)Cc1ccccc1)C(=O)c1ccccc1Cc1ccccc1. The first kappa shape index (κ1) is 40.0. The van der Waals surface area contributed by atoms with Crippen molar-refractivity contribution >= 4 is 18.2 Å². The average molecular weight is 685 g/mol. The highest BCUT2D eigenvalue weighted by molar-refractivity contribution is 6.04. The summed E-state index contributed by atoms with van der Waals surface area (Å²) in [7, 11) is 0. The number of ketones is 1. The van der Waals surface area contributed by atoms with E-state index in [0.717, 1.165) is 62.0 Å². The Hall–Kier alpha value is -3.48. The highest BCUT2D eigenvalue weighted by atomic mass is 35.5. The van der Waals surface area contributed by atoms with Crippen LogP contribution in [0.3, 0.4) is 0 Å². The van der Waals surface area contributed by atoms with Gasteiger partial charge in [0.05, 0.1) is 5.54 Å². The summed E-state index contributed by atoms with van der Waals surface area (Å²) < 4.78 is 0. The van der Waals surface area contributed by atoms with Gasteiger partial charge in [-0.25, -0.2) is 0 Å². The molecule has 0 aliphatic rings. The van der Waals surface area contributed by atoms with Gasteiger partial charge in [-0.1, -0.05) is 154 Å². The Morgan fingerprint density at radius 3 is 1.78 bits per heavy atom. The van der Waals surface area contributed by atoms with Crippen molar-refractivity contribution < 1.29 is 15.0 Å². The van der Waals surface area contributed by atoms with Crippen molar-refractivity contribution in [2.45, 2.75) is 95.6 Å². The number of nitrogens with zero attached hydrogens (tertiary/aromatic N) is 1. The number of phenolic OH excluding ortho intramolecular Hbond substituents is 1.